The molecular weight excluding hydrogens is 226 g/mol. The fourth-order valence-electron chi connectivity index (χ4n) is 2.80. The van der Waals surface area contributed by atoms with Crippen LogP contribution in [-0.2, 0) is 10.6 Å². The molecule has 0 aromatic carbocycles. The highest BCUT2D eigenvalue weighted by Gasteiger charge is 2.43. The number of alkyl halides is 1. The van der Waals surface area contributed by atoms with Gasteiger partial charge < -0.3 is 4.74 Å². The van der Waals surface area contributed by atoms with Crippen molar-refractivity contribution in [3.05, 3.63) is 12.2 Å². The van der Waals surface area contributed by atoms with Gasteiger partial charge in [0, 0.05) is 6.61 Å². The van der Waals surface area contributed by atoms with E-state index in [4.69, 9.17) is 16.3 Å². The third-order valence-corrected chi connectivity index (χ3v) is 4.08. The molecule has 1 spiro atoms. The van der Waals surface area contributed by atoms with E-state index in [-0.39, 0.29) is 5.60 Å². The third kappa shape index (κ3) is 1.64. The monoisotopic (exact) mass is 241 g/mol. The fraction of sp³-hybridized carbons (Fsp3) is 0.818. The lowest BCUT2D eigenvalue weighted by molar-refractivity contribution is -0.141. The smallest absolute Gasteiger partial charge is 0.142 e. The molecule has 0 N–H and O–H groups in total. The summed E-state index contributed by atoms with van der Waals surface area (Å²) in [5, 5.41) is 4.30. The highest BCUT2D eigenvalue weighted by molar-refractivity contribution is 6.16. The summed E-state index contributed by atoms with van der Waals surface area (Å²) < 4.78 is 7.90. The van der Waals surface area contributed by atoms with Gasteiger partial charge in [-0.25, -0.2) is 9.67 Å². The topological polar surface area (TPSA) is 39.9 Å². The van der Waals surface area contributed by atoms with Crippen molar-refractivity contribution in [2.75, 3.05) is 6.61 Å². The Kier molecular flexibility index (Phi) is 2.64. The molecule has 1 saturated heterocycles. The van der Waals surface area contributed by atoms with Gasteiger partial charge in [-0.1, -0.05) is 0 Å². The Morgan fingerprint density at radius 1 is 1.56 bits per heavy atom. The summed E-state index contributed by atoms with van der Waals surface area (Å²) in [6.45, 7) is 0.840. The Labute approximate surface area is 99.9 Å². The molecule has 1 unspecified atom stereocenters. The summed E-state index contributed by atoms with van der Waals surface area (Å²) in [7, 11) is 0. The van der Waals surface area contributed by atoms with Gasteiger partial charge in [-0.05, 0) is 32.1 Å². The summed E-state index contributed by atoms with van der Waals surface area (Å²) >= 11 is 5.86. The van der Waals surface area contributed by atoms with Crippen LogP contribution in [0.1, 0.15) is 44.0 Å². The zero-order valence-corrected chi connectivity index (χ0v) is 9.99. The summed E-state index contributed by atoms with van der Waals surface area (Å²) in [5.74, 6) is 1.31. The van der Waals surface area contributed by atoms with Gasteiger partial charge in [0.25, 0.3) is 0 Å². The van der Waals surface area contributed by atoms with Crippen LogP contribution in [0.25, 0.3) is 0 Å². The average molecular weight is 242 g/mol. The second-order valence-electron chi connectivity index (χ2n) is 4.79. The minimum Gasteiger partial charge on any atom is -0.375 e. The van der Waals surface area contributed by atoms with Crippen molar-refractivity contribution in [2.24, 2.45) is 0 Å². The number of nitrogens with zero attached hydrogens (tertiary/aromatic N) is 3. The van der Waals surface area contributed by atoms with Crippen LogP contribution in [0.4, 0.5) is 0 Å². The molecule has 4 nitrogen and oxygen atoms in total. The van der Waals surface area contributed by atoms with Gasteiger partial charge in [0.15, 0.2) is 0 Å². The van der Waals surface area contributed by atoms with Gasteiger partial charge in [0.2, 0.25) is 0 Å². The number of ether oxygens (including phenoxy) is 1. The fourth-order valence-corrected chi connectivity index (χ4v) is 3.00. The number of halogens is 1. The van der Waals surface area contributed by atoms with Gasteiger partial charge in [-0.15, -0.1) is 11.6 Å². The van der Waals surface area contributed by atoms with Crippen molar-refractivity contribution in [3.8, 4) is 0 Å². The maximum absolute atomic E-state index is 5.91. The van der Waals surface area contributed by atoms with E-state index < -0.39 is 0 Å². The molecule has 1 atom stereocenters. The first-order valence-electron chi connectivity index (χ1n) is 5.91. The van der Waals surface area contributed by atoms with Crippen LogP contribution in [0.2, 0.25) is 0 Å². The van der Waals surface area contributed by atoms with Crippen molar-refractivity contribution in [1.82, 2.24) is 14.8 Å². The molecule has 0 amide bonds. The van der Waals surface area contributed by atoms with Crippen LogP contribution in [0, 0.1) is 0 Å². The summed E-state index contributed by atoms with van der Waals surface area (Å²) in [6, 6.07) is 0.422. The molecule has 88 valence electrons. The molecule has 5 heteroatoms. The second kappa shape index (κ2) is 4.00. The standard InChI is InChI=1S/C11H16ClN3O/c12-7-10-13-8-14-15(10)9-2-5-16-11(6-9)3-1-4-11/h8-9H,1-7H2. The van der Waals surface area contributed by atoms with Crippen molar-refractivity contribution in [1.29, 1.82) is 0 Å². The van der Waals surface area contributed by atoms with Gasteiger partial charge in [0.05, 0.1) is 17.5 Å². The summed E-state index contributed by atoms with van der Waals surface area (Å²) in [4.78, 5) is 4.18. The minimum absolute atomic E-state index is 0.151. The van der Waals surface area contributed by atoms with Gasteiger partial charge in [0.1, 0.15) is 12.2 Å². The maximum atomic E-state index is 5.91. The number of hydrogen-bond donors (Lipinski definition) is 0. The predicted molar refractivity (Wildman–Crippen MR) is 60.4 cm³/mol. The highest BCUT2D eigenvalue weighted by Crippen LogP contribution is 2.45. The van der Waals surface area contributed by atoms with Crippen LogP contribution >= 0.6 is 11.6 Å². The molecule has 2 fully saturated rings. The van der Waals surface area contributed by atoms with E-state index in [0.717, 1.165) is 25.3 Å². The van der Waals surface area contributed by atoms with Gasteiger partial charge in [-0.2, -0.15) is 5.10 Å². The third-order valence-electron chi connectivity index (χ3n) is 3.84. The number of rotatable bonds is 2. The Balaban J connectivity index is 1.79. The summed E-state index contributed by atoms with van der Waals surface area (Å²) in [6.07, 6.45) is 7.39. The highest BCUT2D eigenvalue weighted by atomic mass is 35.5. The summed E-state index contributed by atoms with van der Waals surface area (Å²) in [5.41, 5.74) is 0.151. The van der Waals surface area contributed by atoms with Crippen LogP contribution in [-0.4, -0.2) is 27.0 Å². The SMILES string of the molecule is ClCc1ncnn1C1CCOC2(CCC2)C1. The Morgan fingerprint density at radius 3 is 3.12 bits per heavy atom. The molecule has 1 saturated carbocycles. The molecule has 2 aliphatic rings. The molecule has 1 aliphatic carbocycles. The lowest BCUT2D eigenvalue weighted by Gasteiger charge is -2.47. The lowest BCUT2D eigenvalue weighted by Crippen LogP contribution is -2.46. The minimum atomic E-state index is 0.151. The molecule has 1 aromatic heterocycles. The molecule has 2 heterocycles. The average Bonchev–Trinajstić information content (AvgIpc) is 2.75. The van der Waals surface area contributed by atoms with E-state index in [1.54, 1.807) is 6.33 Å². The van der Waals surface area contributed by atoms with Crippen LogP contribution in [0.3, 0.4) is 0 Å². The quantitative estimate of drug-likeness (QED) is 0.746. The Morgan fingerprint density at radius 2 is 2.44 bits per heavy atom. The lowest BCUT2D eigenvalue weighted by atomic mass is 9.74. The van der Waals surface area contributed by atoms with E-state index in [0.29, 0.717) is 11.9 Å². The Hall–Kier alpha value is -0.610. The zero-order valence-electron chi connectivity index (χ0n) is 9.23. The molecule has 1 aliphatic heterocycles. The predicted octanol–water partition coefficient (Wildman–Crippen LogP) is 2.29. The van der Waals surface area contributed by atoms with E-state index in [9.17, 15) is 0 Å². The largest absolute Gasteiger partial charge is 0.375 e. The van der Waals surface area contributed by atoms with E-state index in [1.807, 2.05) is 4.68 Å². The maximum Gasteiger partial charge on any atom is 0.142 e. The molecule has 16 heavy (non-hydrogen) atoms. The van der Waals surface area contributed by atoms with E-state index in [2.05, 4.69) is 10.1 Å². The molecule has 3 rings (SSSR count). The van der Waals surface area contributed by atoms with Gasteiger partial charge in [-0.3, -0.25) is 0 Å². The molecular formula is C11H16ClN3O. The first kappa shape index (κ1) is 10.5. The normalized spacial score (nSPS) is 27.9. The van der Waals surface area contributed by atoms with E-state index in [1.165, 1.54) is 19.3 Å². The van der Waals surface area contributed by atoms with Crippen LogP contribution in [0.15, 0.2) is 6.33 Å². The van der Waals surface area contributed by atoms with Crippen molar-refractivity contribution < 1.29 is 4.74 Å². The Bertz CT molecular complexity index is 375. The molecule has 0 bridgehead atoms. The van der Waals surface area contributed by atoms with Crippen molar-refractivity contribution in [3.63, 3.8) is 0 Å². The van der Waals surface area contributed by atoms with Crippen molar-refractivity contribution in [2.45, 2.75) is 49.6 Å². The first-order valence-corrected chi connectivity index (χ1v) is 6.45. The molecule has 1 aromatic rings. The zero-order chi connectivity index (χ0) is 11.0. The van der Waals surface area contributed by atoms with E-state index >= 15 is 0 Å². The van der Waals surface area contributed by atoms with Gasteiger partial charge >= 0.3 is 0 Å². The number of aromatic nitrogens is 3. The van der Waals surface area contributed by atoms with Crippen molar-refractivity contribution >= 4 is 11.6 Å². The second-order valence-corrected chi connectivity index (χ2v) is 5.05. The van der Waals surface area contributed by atoms with Crippen LogP contribution in [0.5, 0.6) is 0 Å². The molecule has 0 radical (unpaired) electrons. The first-order chi connectivity index (χ1) is 7.83. The number of hydrogen-bond acceptors (Lipinski definition) is 3. The van der Waals surface area contributed by atoms with Crippen LogP contribution < -0.4 is 0 Å².